The predicted octanol–water partition coefficient (Wildman–Crippen LogP) is 2.32. The van der Waals surface area contributed by atoms with E-state index in [0.29, 0.717) is 42.9 Å². The third-order valence-electron chi connectivity index (χ3n) is 9.11. The predicted molar refractivity (Wildman–Crippen MR) is 128 cm³/mol. The van der Waals surface area contributed by atoms with Gasteiger partial charge in [-0.2, -0.15) is 5.26 Å². The fraction of sp³-hybridized carbons (Fsp3) is 0.536. The van der Waals surface area contributed by atoms with Crippen LogP contribution in [0.4, 0.5) is 0 Å². The fourth-order valence-corrected chi connectivity index (χ4v) is 7.25. The molecule has 1 heterocycles. The number of rotatable bonds is 8. The molecule has 8 nitrogen and oxygen atoms in total. The third kappa shape index (κ3) is 3.56. The Morgan fingerprint density at radius 3 is 2.75 bits per heavy atom. The molecule has 4 aliphatic carbocycles. The maximum absolute atomic E-state index is 13.6. The summed E-state index contributed by atoms with van der Waals surface area (Å²) in [6.45, 7) is 0. The molecule has 3 saturated carbocycles. The molecule has 0 unspecified atom stereocenters. The molecule has 2 N–H and O–H groups in total. The molecule has 4 fully saturated rings. The van der Waals surface area contributed by atoms with Crippen LogP contribution in [0.5, 0.6) is 5.75 Å². The van der Waals surface area contributed by atoms with Crippen LogP contribution in [-0.4, -0.2) is 36.7 Å². The summed E-state index contributed by atoms with van der Waals surface area (Å²) in [6.07, 6.45) is 6.00. The van der Waals surface area contributed by atoms with Crippen molar-refractivity contribution in [3.05, 3.63) is 34.9 Å². The van der Waals surface area contributed by atoms with Crippen molar-refractivity contribution in [3.63, 3.8) is 0 Å². The molecule has 186 valence electrons. The summed E-state index contributed by atoms with van der Waals surface area (Å²) in [4.78, 5) is 51.6. The number of nitrogens with one attached hydrogen (secondary N) is 2. The standard InChI is InChI=1S/C28H29N3O5/c1-36-22-4-2-3-15-8-16(9-18(15)22)25(33)30-20(7-14-5-6-14)21(32)12-28(13-29)11-17-10-19(28)24-23(17)26(34)31-27(24)35/h2-4,9,14,17,19-20,23-24H,5-8,10-12H2,1H3,(H,30,33)(H,31,34,35)/t17-,19-,20-,23+,24+,28+/m0/s1. The highest BCUT2D eigenvalue weighted by Gasteiger charge is 2.67. The van der Waals surface area contributed by atoms with E-state index >= 15 is 0 Å². The topological polar surface area (TPSA) is 125 Å². The molecule has 1 aliphatic heterocycles. The maximum Gasteiger partial charge on any atom is 0.248 e. The average Bonchev–Trinajstić information content (AvgIpc) is 3.19. The number of methoxy groups -OCH3 is 1. The van der Waals surface area contributed by atoms with Gasteiger partial charge in [-0.1, -0.05) is 25.0 Å². The van der Waals surface area contributed by atoms with E-state index in [9.17, 15) is 24.4 Å². The Balaban J connectivity index is 1.19. The van der Waals surface area contributed by atoms with Crippen molar-refractivity contribution < 1.29 is 23.9 Å². The summed E-state index contributed by atoms with van der Waals surface area (Å²) >= 11 is 0. The van der Waals surface area contributed by atoms with E-state index in [1.54, 1.807) is 7.11 Å². The number of hydrogen-bond acceptors (Lipinski definition) is 6. The van der Waals surface area contributed by atoms with Crippen molar-refractivity contribution in [1.82, 2.24) is 10.6 Å². The molecule has 8 heteroatoms. The summed E-state index contributed by atoms with van der Waals surface area (Å²) in [5, 5.41) is 15.6. The van der Waals surface area contributed by atoms with Gasteiger partial charge in [0.15, 0.2) is 5.78 Å². The molecule has 1 aromatic rings. The van der Waals surface area contributed by atoms with Gasteiger partial charge >= 0.3 is 0 Å². The van der Waals surface area contributed by atoms with E-state index in [0.717, 1.165) is 24.0 Å². The number of nitriles is 1. The van der Waals surface area contributed by atoms with Crippen LogP contribution in [0.25, 0.3) is 6.08 Å². The Morgan fingerprint density at radius 2 is 2.03 bits per heavy atom. The zero-order chi connectivity index (χ0) is 25.2. The van der Waals surface area contributed by atoms with Crippen LogP contribution in [0.1, 0.15) is 49.7 Å². The summed E-state index contributed by atoms with van der Waals surface area (Å²) < 4.78 is 5.42. The molecular weight excluding hydrogens is 458 g/mol. The minimum atomic E-state index is -0.965. The lowest BCUT2D eigenvalue weighted by Gasteiger charge is -2.36. The second kappa shape index (κ2) is 8.29. The van der Waals surface area contributed by atoms with Crippen molar-refractivity contribution in [3.8, 4) is 11.8 Å². The third-order valence-corrected chi connectivity index (χ3v) is 9.11. The first-order valence-electron chi connectivity index (χ1n) is 12.8. The summed E-state index contributed by atoms with van der Waals surface area (Å²) in [6, 6.07) is 7.44. The van der Waals surface area contributed by atoms with Gasteiger partial charge in [0.25, 0.3) is 0 Å². The molecule has 0 radical (unpaired) electrons. The monoisotopic (exact) mass is 487 g/mol. The van der Waals surface area contributed by atoms with Crippen molar-refractivity contribution in [2.45, 2.75) is 51.0 Å². The Bertz CT molecular complexity index is 1260. The van der Waals surface area contributed by atoms with E-state index in [1.807, 2.05) is 24.3 Å². The second-order valence-electron chi connectivity index (χ2n) is 11.2. The van der Waals surface area contributed by atoms with Gasteiger partial charge in [-0.15, -0.1) is 0 Å². The number of fused-ring (bicyclic) bond motifs is 6. The minimum absolute atomic E-state index is 0.000119. The van der Waals surface area contributed by atoms with Gasteiger partial charge in [0, 0.05) is 24.0 Å². The SMILES string of the molecule is COc1cccc2c1C=C(C(=O)N[C@@H](CC1CC1)C(=O)C[C@@]1(C#N)C[C@@H]3C[C@H]1[C@H]1C(=O)NC(=O)[C@H]31)C2. The lowest BCUT2D eigenvalue weighted by molar-refractivity contribution is -0.130. The van der Waals surface area contributed by atoms with Crippen molar-refractivity contribution >= 4 is 29.6 Å². The number of hydrogen-bond donors (Lipinski definition) is 2. The van der Waals surface area contributed by atoms with Crippen molar-refractivity contribution in [2.75, 3.05) is 7.11 Å². The van der Waals surface area contributed by atoms with Crippen LogP contribution in [-0.2, 0) is 25.6 Å². The van der Waals surface area contributed by atoms with Gasteiger partial charge in [0.1, 0.15) is 5.75 Å². The molecule has 5 aliphatic rings. The first-order valence-corrected chi connectivity index (χ1v) is 12.8. The lowest BCUT2D eigenvalue weighted by Crippen LogP contribution is -2.46. The quantitative estimate of drug-likeness (QED) is 0.542. The molecule has 1 aromatic carbocycles. The Hall–Kier alpha value is -3.47. The highest BCUT2D eigenvalue weighted by Crippen LogP contribution is 2.63. The maximum atomic E-state index is 13.6. The molecule has 36 heavy (non-hydrogen) atoms. The number of amides is 3. The van der Waals surface area contributed by atoms with Gasteiger partial charge < -0.3 is 10.1 Å². The number of carbonyl (C=O) groups is 4. The van der Waals surface area contributed by atoms with E-state index in [4.69, 9.17) is 4.74 Å². The molecule has 6 rings (SSSR count). The number of Topliss-reactive ketones (excluding diaryl/α,β-unsaturated/α-hetero) is 1. The van der Waals surface area contributed by atoms with Crippen molar-refractivity contribution in [1.29, 1.82) is 5.26 Å². The van der Waals surface area contributed by atoms with E-state index < -0.39 is 17.4 Å². The van der Waals surface area contributed by atoms with E-state index in [-0.39, 0.29) is 47.7 Å². The smallest absolute Gasteiger partial charge is 0.248 e. The van der Waals surface area contributed by atoms with Crippen LogP contribution in [0.2, 0.25) is 0 Å². The largest absolute Gasteiger partial charge is 0.496 e. The number of nitrogens with zero attached hydrogens (tertiary/aromatic N) is 1. The van der Waals surface area contributed by atoms with Crippen molar-refractivity contribution in [2.24, 2.45) is 35.0 Å². The van der Waals surface area contributed by atoms with Gasteiger partial charge in [-0.3, -0.25) is 24.5 Å². The van der Waals surface area contributed by atoms with E-state index in [2.05, 4.69) is 16.7 Å². The molecular formula is C28H29N3O5. The van der Waals surface area contributed by atoms with Gasteiger partial charge in [-0.05, 0) is 54.7 Å². The Morgan fingerprint density at radius 1 is 1.25 bits per heavy atom. The van der Waals surface area contributed by atoms with Gasteiger partial charge in [0.2, 0.25) is 17.7 Å². The number of carbonyl (C=O) groups excluding carboxylic acids is 4. The van der Waals surface area contributed by atoms with E-state index in [1.165, 1.54) is 0 Å². The van der Waals surface area contributed by atoms with Crippen LogP contribution < -0.4 is 15.4 Å². The zero-order valence-corrected chi connectivity index (χ0v) is 20.2. The second-order valence-corrected chi connectivity index (χ2v) is 11.2. The van der Waals surface area contributed by atoms with Crippen LogP contribution in [0.15, 0.2) is 23.8 Å². The highest BCUT2D eigenvalue weighted by molar-refractivity contribution is 6.06. The molecule has 0 aromatic heterocycles. The van der Waals surface area contributed by atoms with Gasteiger partial charge in [0.05, 0.1) is 36.5 Å². The van der Waals surface area contributed by atoms with Crippen LogP contribution in [0, 0.1) is 46.3 Å². The number of ketones is 1. The first-order chi connectivity index (χ1) is 17.3. The van der Waals surface area contributed by atoms with Crippen LogP contribution in [0.3, 0.4) is 0 Å². The summed E-state index contributed by atoms with van der Waals surface area (Å²) in [7, 11) is 1.60. The summed E-state index contributed by atoms with van der Waals surface area (Å²) in [5.74, 6) is -1.10. The molecule has 6 atom stereocenters. The Labute approximate surface area is 209 Å². The lowest BCUT2D eigenvalue weighted by atomic mass is 9.63. The minimum Gasteiger partial charge on any atom is -0.496 e. The molecule has 0 spiro atoms. The number of imide groups is 1. The fourth-order valence-electron chi connectivity index (χ4n) is 7.25. The normalized spacial score (nSPS) is 32.3. The first kappa shape index (κ1) is 23.0. The molecule has 3 amide bonds. The molecule has 1 saturated heterocycles. The number of ether oxygens (including phenoxy) is 1. The summed E-state index contributed by atoms with van der Waals surface area (Å²) in [5.41, 5.74) is 1.52. The number of benzene rings is 1. The average molecular weight is 488 g/mol. The Kier molecular flexibility index (Phi) is 5.29. The highest BCUT2D eigenvalue weighted by atomic mass is 16.5. The van der Waals surface area contributed by atoms with Gasteiger partial charge in [-0.25, -0.2) is 0 Å². The zero-order valence-electron chi connectivity index (χ0n) is 20.2. The van der Waals surface area contributed by atoms with Crippen LogP contribution >= 0.6 is 0 Å². The molecule has 2 bridgehead atoms.